The standard InChI is InChI=1S/C11H14BrNO3/c1-2-7-16-11-8-9(5-6-12)3-4-10(11)13(14)15/h3-4,8H,2,5-7H2,1H3. The lowest BCUT2D eigenvalue weighted by Crippen LogP contribution is -2.00. The minimum atomic E-state index is -0.414. The number of rotatable bonds is 6. The third kappa shape index (κ3) is 3.48. The molecule has 0 aliphatic rings. The fraction of sp³-hybridized carbons (Fsp3) is 0.455. The number of nitro groups is 1. The number of nitrogens with zero attached hydrogens (tertiary/aromatic N) is 1. The maximum Gasteiger partial charge on any atom is 0.310 e. The molecular weight excluding hydrogens is 274 g/mol. The van der Waals surface area contributed by atoms with Crippen molar-refractivity contribution in [2.45, 2.75) is 19.8 Å². The van der Waals surface area contributed by atoms with E-state index >= 15 is 0 Å². The summed E-state index contributed by atoms with van der Waals surface area (Å²) < 4.78 is 5.38. The van der Waals surface area contributed by atoms with Crippen LogP contribution in [0.3, 0.4) is 0 Å². The van der Waals surface area contributed by atoms with E-state index in [2.05, 4.69) is 15.9 Å². The summed E-state index contributed by atoms with van der Waals surface area (Å²) in [6.45, 7) is 2.47. The topological polar surface area (TPSA) is 52.4 Å². The maximum absolute atomic E-state index is 10.8. The molecular formula is C11H14BrNO3. The average Bonchev–Trinajstić information content (AvgIpc) is 2.26. The SMILES string of the molecule is CCCOc1cc(CCBr)ccc1[N+](=O)[O-]. The number of ether oxygens (including phenoxy) is 1. The second-order valence-corrected chi connectivity index (χ2v) is 4.14. The molecule has 0 fully saturated rings. The van der Waals surface area contributed by atoms with Crippen molar-refractivity contribution in [2.75, 3.05) is 11.9 Å². The minimum Gasteiger partial charge on any atom is -0.487 e. The summed E-state index contributed by atoms with van der Waals surface area (Å²) in [5.41, 5.74) is 1.07. The van der Waals surface area contributed by atoms with Crippen molar-refractivity contribution >= 4 is 21.6 Å². The van der Waals surface area contributed by atoms with Crippen molar-refractivity contribution in [1.29, 1.82) is 0 Å². The maximum atomic E-state index is 10.8. The number of nitro benzene ring substituents is 1. The fourth-order valence-electron chi connectivity index (χ4n) is 1.30. The largest absolute Gasteiger partial charge is 0.487 e. The predicted molar refractivity (Wildman–Crippen MR) is 66.4 cm³/mol. The van der Waals surface area contributed by atoms with Gasteiger partial charge in [-0.25, -0.2) is 0 Å². The zero-order valence-electron chi connectivity index (χ0n) is 9.11. The second-order valence-electron chi connectivity index (χ2n) is 3.35. The number of hydrogen-bond acceptors (Lipinski definition) is 3. The van der Waals surface area contributed by atoms with Gasteiger partial charge in [0, 0.05) is 11.4 Å². The van der Waals surface area contributed by atoms with Crippen LogP contribution < -0.4 is 4.74 Å². The van der Waals surface area contributed by atoms with Crippen LogP contribution in [0.4, 0.5) is 5.69 Å². The van der Waals surface area contributed by atoms with Gasteiger partial charge in [-0.15, -0.1) is 0 Å². The summed E-state index contributed by atoms with van der Waals surface area (Å²) in [4.78, 5) is 10.4. The molecule has 0 bridgehead atoms. The van der Waals surface area contributed by atoms with Crippen molar-refractivity contribution in [3.63, 3.8) is 0 Å². The Bertz CT molecular complexity index is 368. The van der Waals surface area contributed by atoms with Crippen LogP contribution in [0.2, 0.25) is 0 Å². The molecule has 0 saturated heterocycles. The zero-order valence-corrected chi connectivity index (χ0v) is 10.7. The lowest BCUT2D eigenvalue weighted by molar-refractivity contribution is -0.385. The van der Waals surface area contributed by atoms with Crippen LogP contribution in [-0.4, -0.2) is 16.9 Å². The molecule has 0 amide bonds. The van der Waals surface area contributed by atoms with Crippen molar-refractivity contribution in [2.24, 2.45) is 0 Å². The molecule has 0 saturated carbocycles. The Morgan fingerprint density at radius 3 is 2.81 bits per heavy atom. The van der Waals surface area contributed by atoms with Crippen LogP contribution in [0.1, 0.15) is 18.9 Å². The van der Waals surface area contributed by atoms with E-state index in [9.17, 15) is 10.1 Å². The van der Waals surface area contributed by atoms with E-state index in [-0.39, 0.29) is 5.69 Å². The third-order valence-electron chi connectivity index (χ3n) is 2.07. The molecule has 0 N–H and O–H groups in total. The van der Waals surface area contributed by atoms with Gasteiger partial charge >= 0.3 is 5.69 Å². The summed E-state index contributed by atoms with van der Waals surface area (Å²) in [7, 11) is 0. The first-order valence-electron chi connectivity index (χ1n) is 5.15. The minimum absolute atomic E-state index is 0.0340. The molecule has 0 spiro atoms. The molecule has 0 aliphatic heterocycles. The first-order valence-corrected chi connectivity index (χ1v) is 6.27. The monoisotopic (exact) mass is 287 g/mol. The van der Waals surface area contributed by atoms with Gasteiger partial charge in [0.1, 0.15) is 0 Å². The molecule has 1 rings (SSSR count). The van der Waals surface area contributed by atoms with E-state index in [1.54, 1.807) is 12.1 Å². The van der Waals surface area contributed by atoms with Crippen molar-refractivity contribution in [3.8, 4) is 5.75 Å². The van der Waals surface area contributed by atoms with Gasteiger partial charge in [-0.05, 0) is 24.5 Å². The molecule has 0 aliphatic carbocycles. The molecule has 0 unspecified atom stereocenters. The zero-order chi connectivity index (χ0) is 12.0. The molecule has 88 valence electrons. The van der Waals surface area contributed by atoms with E-state index in [0.29, 0.717) is 12.4 Å². The highest BCUT2D eigenvalue weighted by atomic mass is 79.9. The normalized spacial score (nSPS) is 10.1. The molecule has 1 aromatic carbocycles. The van der Waals surface area contributed by atoms with E-state index in [1.165, 1.54) is 6.07 Å². The summed E-state index contributed by atoms with van der Waals surface area (Å²) in [5.74, 6) is 0.366. The number of hydrogen-bond donors (Lipinski definition) is 0. The molecule has 1 aromatic rings. The highest BCUT2D eigenvalue weighted by molar-refractivity contribution is 9.09. The lowest BCUT2D eigenvalue weighted by atomic mass is 10.1. The predicted octanol–water partition coefficient (Wildman–Crippen LogP) is 3.32. The van der Waals surface area contributed by atoms with Gasteiger partial charge in [-0.1, -0.05) is 28.9 Å². The van der Waals surface area contributed by atoms with E-state index in [1.807, 2.05) is 6.92 Å². The first kappa shape index (κ1) is 13.0. The Morgan fingerprint density at radius 2 is 2.25 bits per heavy atom. The van der Waals surface area contributed by atoms with Gasteiger partial charge in [0.05, 0.1) is 11.5 Å². The molecule has 4 nitrogen and oxygen atoms in total. The molecule has 0 aromatic heterocycles. The van der Waals surface area contributed by atoms with Crippen molar-refractivity contribution < 1.29 is 9.66 Å². The Kier molecular flexibility index (Phi) is 5.25. The lowest BCUT2D eigenvalue weighted by Gasteiger charge is -2.07. The Labute approximate surface area is 103 Å². The molecule has 0 radical (unpaired) electrons. The van der Waals surface area contributed by atoms with Gasteiger partial charge in [0.25, 0.3) is 0 Å². The van der Waals surface area contributed by atoms with E-state index in [4.69, 9.17) is 4.74 Å². The number of alkyl halides is 1. The van der Waals surface area contributed by atoms with Gasteiger partial charge in [0.15, 0.2) is 5.75 Å². The highest BCUT2D eigenvalue weighted by Gasteiger charge is 2.15. The Hall–Kier alpha value is -1.10. The third-order valence-corrected chi connectivity index (χ3v) is 2.46. The number of aryl methyl sites for hydroxylation is 1. The fourth-order valence-corrected chi connectivity index (χ4v) is 1.76. The molecule has 16 heavy (non-hydrogen) atoms. The summed E-state index contributed by atoms with van der Waals surface area (Å²) in [6.07, 6.45) is 1.67. The Balaban J connectivity index is 2.95. The van der Waals surface area contributed by atoms with Crippen LogP contribution in [0.5, 0.6) is 5.75 Å². The van der Waals surface area contributed by atoms with Gasteiger partial charge < -0.3 is 4.74 Å². The molecule has 5 heteroatoms. The highest BCUT2D eigenvalue weighted by Crippen LogP contribution is 2.28. The average molecular weight is 288 g/mol. The van der Waals surface area contributed by atoms with E-state index in [0.717, 1.165) is 23.7 Å². The van der Waals surface area contributed by atoms with Crippen molar-refractivity contribution in [3.05, 3.63) is 33.9 Å². The van der Waals surface area contributed by atoms with Crippen molar-refractivity contribution in [1.82, 2.24) is 0 Å². The van der Waals surface area contributed by atoms with E-state index < -0.39 is 4.92 Å². The summed E-state index contributed by atoms with van der Waals surface area (Å²) in [5, 5.41) is 11.6. The Morgan fingerprint density at radius 1 is 1.50 bits per heavy atom. The van der Waals surface area contributed by atoms with Crippen LogP contribution in [0, 0.1) is 10.1 Å². The summed E-state index contributed by atoms with van der Waals surface area (Å²) >= 11 is 3.34. The quantitative estimate of drug-likeness (QED) is 0.458. The molecule has 0 atom stereocenters. The van der Waals surface area contributed by atoms with Gasteiger partial charge in [-0.2, -0.15) is 0 Å². The smallest absolute Gasteiger partial charge is 0.310 e. The molecule has 0 heterocycles. The van der Waals surface area contributed by atoms with Crippen LogP contribution in [-0.2, 0) is 6.42 Å². The van der Waals surface area contributed by atoms with Gasteiger partial charge in [-0.3, -0.25) is 10.1 Å². The second kappa shape index (κ2) is 6.48. The first-order chi connectivity index (χ1) is 7.69. The van der Waals surface area contributed by atoms with Crippen LogP contribution >= 0.6 is 15.9 Å². The summed E-state index contributed by atoms with van der Waals surface area (Å²) in [6, 6.07) is 5.01. The number of halogens is 1. The van der Waals surface area contributed by atoms with Gasteiger partial charge in [0.2, 0.25) is 0 Å². The van der Waals surface area contributed by atoms with Crippen LogP contribution in [0.15, 0.2) is 18.2 Å². The van der Waals surface area contributed by atoms with Crippen LogP contribution in [0.25, 0.3) is 0 Å². The number of benzene rings is 1.